The van der Waals surface area contributed by atoms with Crippen molar-refractivity contribution in [2.24, 2.45) is 5.92 Å². The molecule has 2 heterocycles. The Morgan fingerprint density at radius 1 is 1.18 bits per heavy atom. The zero-order valence-corrected chi connectivity index (χ0v) is 11.6. The molecule has 0 saturated carbocycles. The lowest BCUT2D eigenvalue weighted by atomic mass is 9.96. The van der Waals surface area contributed by atoms with E-state index in [1.165, 1.54) is 65.0 Å². The number of nitrogens with one attached hydrogen (secondary N) is 1. The first-order valence-corrected chi connectivity index (χ1v) is 7.42. The normalized spacial score (nSPS) is 30.4. The summed E-state index contributed by atoms with van der Waals surface area (Å²) in [6, 6.07) is 0.726. The zero-order chi connectivity index (χ0) is 12.1. The van der Waals surface area contributed by atoms with E-state index < -0.39 is 0 Å². The molecule has 2 aliphatic heterocycles. The van der Waals surface area contributed by atoms with Gasteiger partial charge in [0.2, 0.25) is 0 Å². The molecule has 2 rings (SSSR count). The molecule has 2 fully saturated rings. The Hall–Kier alpha value is -0.120. The number of rotatable bonds is 3. The Balaban J connectivity index is 1.76. The van der Waals surface area contributed by atoms with Gasteiger partial charge in [0.05, 0.1) is 0 Å². The summed E-state index contributed by atoms with van der Waals surface area (Å²) >= 11 is 0. The second-order valence-electron chi connectivity index (χ2n) is 5.92. The summed E-state index contributed by atoms with van der Waals surface area (Å²) in [6.45, 7) is 10.0. The Kier molecular flexibility index (Phi) is 5.26. The van der Waals surface area contributed by atoms with Gasteiger partial charge in [0.15, 0.2) is 0 Å². The highest BCUT2D eigenvalue weighted by Crippen LogP contribution is 2.18. The lowest BCUT2D eigenvalue weighted by Gasteiger charge is -2.33. The topological polar surface area (TPSA) is 18.5 Å². The van der Waals surface area contributed by atoms with Gasteiger partial charge in [0, 0.05) is 19.1 Å². The molecule has 1 unspecified atom stereocenters. The van der Waals surface area contributed by atoms with E-state index in [-0.39, 0.29) is 0 Å². The standard InChI is InChI=1S/C14H29N3/c1-3-14-12-17(8-4-7-15-14)11-13-5-9-16(2)10-6-13/h13-15H,3-12H2,1-2H3. The molecule has 2 aliphatic rings. The van der Waals surface area contributed by atoms with Gasteiger partial charge in [-0.05, 0) is 64.8 Å². The minimum atomic E-state index is 0.726. The van der Waals surface area contributed by atoms with Crippen molar-refractivity contribution < 1.29 is 0 Å². The molecule has 1 atom stereocenters. The molecule has 0 amide bonds. The van der Waals surface area contributed by atoms with Crippen LogP contribution in [0.1, 0.15) is 32.6 Å². The van der Waals surface area contributed by atoms with Crippen LogP contribution in [-0.2, 0) is 0 Å². The van der Waals surface area contributed by atoms with Crippen LogP contribution in [0, 0.1) is 5.92 Å². The van der Waals surface area contributed by atoms with Crippen molar-refractivity contribution in [3.8, 4) is 0 Å². The predicted molar refractivity (Wildman–Crippen MR) is 73.4 cm³/mol. The molecular weight excluding hydrogens is 210 g/mol. The zero-order valence-electron chi connectivity index (χ0n) is 11.6. The lowest BCUT2D eigenvalue weighted by Crippen LogP contribution is -2.41. The monoisotopic (exact) mass is 239 g/mol. The first-order valence-electron chi connectivity index (χ1n) is 7.42. The number of hydrogen-bond donors (Lipinski definition) is 1. The third kappa shape index (κ3) is 4.23. The molecule has 1 N–H and O–H groups in total. The van der Waals surface area contributed by atoms with E-state index >= 15 is 0 Å². The summed E-state index contributed by atoms with van der Waals surface area (Å²) in [6.07, 6.45) is 5.39. The minimum absolute atomic E-state index is 0.726. The summed E-state index contributed by atoms with van der Waals surface area (Å²) in [5.74, 6) is 0.946. The smallest absolute Gasteiger partial charge is 0.0192 e. The van der Waals surface area contributed by atoms with E-state index in [1.54, 1.807) is 0 Å². The van der Waals surface area contributed by atoms with E-state index in [9.17, 15) is 0 Å². The maximum atomic E-state index is 3.66. The molecule has 17 heavy (non-hydrogen) atoms. The highest BCUT2D eigenvalue weighted by Gasteiger charge is 2.22. The van der Waals surface area contributed by atoms with Gasteiger partial charge in [-0.1, -0.05) is 6.92 Å². The molecule has 0 aromatic rings. The summed E-state index contributed by atoms with van der Waals surface area (Å²) < 4.78 is 0. The summed E-state index contributed by atoms with van der Waals surface area (Å²) in [5, 5.41) is 3.66. The second-order valence-corrected chi connectivity index (χ2v) is 5.92. The van der Waals surface area contributed by atoms with Crippen molar-refractivity contribution in [1.29, 1.82) is 0 Å². The molecule has 2 saturated heterocycles. The van der Waals surface area contributed by atoms with E-state index in [4.69, 9.17) is 0 Å². The summed E-state index contributed by atoms with van der Waals surface area (Å²) in [4.78, 5) is 5.18. The maximum Gasteiger partial charge on any atom is 0.0192 e. The van der Waals surface area contributed by atoms with Crippen LogP contribution in [0.3, 0.4) is 0 Å². The van der Waals surface area contributed by atoms with E-state index in [1.807, 2.05) is 0 Å². The third-order valence-corrected chi connectivity index (χ3v) is 4.41. The van der Waals surface area contributed by atoms with Gasteiger partial charge >= 0.3 is 0 Å². The van der Waals surface area contributed by atoms with E-state index in [2.05, 4.69) is 29.1 Å². The second kappa shape index (κ2) is 6.72. The number of nitrogens with zero attached hydrogens (tertiary/aromatic N) is 2. The average molecular weight is 239 g/mol. The van der Waals surface area contributed by atoms with E-state index in [0.717, 1.165) is 12.0 Å². The van der Waals surface area contributed by atoms with Gasteiger partial charge in [-0.15, -0.1) is 0 Å². The first-order chi connectivity index (χ1) is 8.28. The van der Waals surface area contributed by atoms with Crippen LogP contribution in [0.15, 0.2) is 0 Å². The predicted octanol–water partition coefficient (Wildman–Crippen LogP) is 1.40. The van der Waals surface area contributed by atoms with Gasteiger partial charge in [-0.25, -0.2) is 0 Å². The Morgan fingerprint density at radius 3 is 2.65 bits per heavy atom. The fourth-order valence-corrected chi connectivity index (χ4v) is 3.13. The quantitative estimate of drug-likeness (QED) is 0.803. The van der Waals surface area contributed by atoms with Crippen molar-refractivity contribution in [1.82, 2.24) is 15.1 Å². The van der Waals surface area contributed by atoms with Crippen LogP contribution in [0.5, 0.6) is 0 Å². The maximum absolute atomic E-state index is 3.66. The van der Waals surface area contributed by atoms with Gasteiger partial charge in [0.1, 0.15) is 0 Å². The largest absolute Gasteiger partial charge is 0.313 e. The molecule has 0 aromatic carbocycles. The van der Waals surface area contributed by atoms with Gasteiger partial charge in [0.25, 0.3) is 0 Å². The summed E-state index contributed by atoms with van der Waals surface area (Å²) in [5.41, 5.74) is 0. The van der Waals surface area contributed by atoms with Crippen molar-refractivity contribution in [3.63, 3.8) is 0 Å². The molecule has 0 aliphatic carbocycles. The third-order valence-electron chi connectivity index (χ3n) is 4.41. The van der Waals surface area contributed by atoms with Crippen LogP contribution in [0.4, 0.5) is 0 Å². The SMILES string of the molecule is CCC1CN(CC2CCN(C)CC2)CCCN1. The van der Waals surface area contributed by atoms with Gasteiger partial charge in [-0.2, -0.15) is 0 Å². The Morgan fingerprint density at radius 2 is 1.94 bits per heavy atom. The Labute approximate surface area is 107 Å². The van der Waals surface area contributed by atoms with Gasteiger partial charge in [-0.3, -0.25) is 0 Å². The van der Waals surface area contributed by atoms with Crippen molar-refractivity contribution in [3.05, 3.63) is 0 Å². The number of likely N-dealkylation sites (tertiary alicyclic amines) is 1. The minimum Gasteiger partial charge on any atom is -0.313 e. The van der Waals surface area contributed by atoms with Crippen LogP contribution < -0.4 is 5.32 Å². The number of piperidine rings is 1. The van der Waals surface area contributed by atoms with Gasteiger partial charge < -0.3 is 15.1 Å². The molecule has 3 heteroatoms. The molecule has 0 bridgehead atoms. The van der Waals surface area contributed by atoms with Crippen molar-refractivity contribution >= 4 is 0 Å². The van der Waals surface area contributed by atoms with Crippen LogP contribution in [0.25, 0.3) is 0 Å². The molecule has 0 radical (unpaired) electrons. The molecule has 100 valence electrons. The van der Waals surface area contributed by atoms with Crippen LogP contribution in [0.2, 0.25) is 0 Å². The Bertz CT molecular complexity index is 212. The fourth-order valence-electron chi connectivity index (χ4n) is 3.13. The highest BCUT2D eigenvalue weighted by atomic mass is 15.2. The fraction of sp³-hybridized carbons (Fsp3) is 1.00. The molecule has 0 spiro atoms. The summed E-state index contributed by atoms with van der Waals surface area (Å²) in [7, 11) is 2.25. The first kappa shape index (κ1) is 13.3. The molecule has 0 aromatic heterocycles. The molecular formula is C14H29N3. The van der Waals surface area contributed by atoms with Crippen molar-refractivity contribution in [2.75, 3.05) is 46.3 Å². The lowest BCUT2D eigenvalue weighted by molar-refractivity contribution is 0.158. The average Bonchev–Trinajstić information content (AvgIpc) is 2.57. The highest BCUT2D eigenvalue weighted by molar-refractivity contribution is 4.79. The van der Waals surface area contributed by atoms with Crippen LogP contribution >= 0.6 is 0 Å². The number of hydrogen-bond acceptors (Lipinski definition) is 3. The van der Waals surface area contributed by atoms with E-state index in [0.29, 0.717) is 0 Å². The van der Waals surface area contributed by atoms with Crippen molar-refractivity contribution in [2.45, 2.75) is 38.6 Å². The van der Waals surface area contributed by atoms with Crippen LogP contribution in [-0.4, -0.2) is 62.2 Å². The molecule has 3 nitrogen and oxygen atoms in total.